The second kappa shape index (κ2) is 9.50. The highest BCUT2D eigenvalue weighted by Crippen LogP contribution is 2.20. The van der Waals surface area contributed by atoms with E-state index in [4.69, 9.17) is 16.7 Å². The van der Waals surface area contributed by atoms with Crippen LogP contribution in [0.1, 0.15) is 27.0 Å². The van der Waals surface area contributed by atoms with Crippen molar-refractivity contribution in [2.75, 3.05) is 0 Å². The highest BCUT2D eigenvalue weighted by atomic mass is 35.5. The number of halogens is 1. The molecule has 3 aromatic carbocycles. The Labute approximate surface area is 152 Å². The van der Waals surface area contributed by atoms with Gasteiger partial charge in [0.1, 0.15) is 5.75 Å². The molecule has 0 amide bonds. The maximum Gasteiger partial charge on any atom is 0.335 e. The van der Waals surface area contributed by atoms with Gasteiger partial charge in [0.05, 0.1) is 5.56 Å². The first kappa shape index (κ1) is 18.6. The fraction of sp³-hybridized carbons (Fsp3) is 0.0952. The first-order valence-corrected chi connectivity index (χ1v) is 8.32. The Balaban J connectivity index is 0.000000236. The highest BCUT2D eigenvalue weighted by Gasteiger charge is 2.10. The van der Waals surface area contributed by atoms with Crippen LogP contribution < -0.4 is 0 Å². The number of carboxylic acid groups (broad SMARTS) is 1. The third-order valence-corrected chi connectivity index (χ3v) is 3.86. The molecule has 3 rings (SSSR count). The van der Waals surface area contributed by atoms with Crippen molar-refractivity contribution < 1.29 is 15.0 Å². The summed E-state index contributed by atoms with van der Waals surface area (Å²) in [5, 5.41) is 18.5. The van der Waals surface area contributed by atoms with Crippen LogP contribution in [0.5, 0.6) is 5.75 Å². The SMILES string of the molecule is ClCc1ccccc1.O=C(O)c1ccc(O)cc1Cc1ccccc1. The Morgan fingerprint density at radius 1 is 0.840 bits per heavy atom. The molecule has 2 N–H and O–H groups in total. The molecular weight excluding hydrogens is 336 g/mol. The lowest BCUT2D eigenvalue weighted by Crippen LogP contribution is -2.02. The minimum Gasteiger partial charge on any atom is -0.508 e. The first-order valence-electron chi connectivity index (χ1n) is 7.79. The van der Waals surface area contributed by atoms with Gasteiger partial charge in [0.15, 0.2) is 0 Å². The van der Waals surface area contributed by atoms with Gasteiger partial charge in [0, 0.05) is 5.88 Å². The molecule has 0 saturated carbocycles. The number of phenols is 1. The molecule has 3 nitrogen and oxygen atoms in total. The molecule has 0 aliphatic rings. The van der Waals surface area contributed by atoms with Gasteiger partial charge in [-0.1, -0.05) is 60.7 Å². The van der Waals surface area contributed by atoms with E-state index in [0.29, 0.717) is 17.9 Å². The Morgan fingerprint density at radius 2 is 1.40 bits per heavy atom. The Bertz CT molecular complexity index is 802. The monoisotopic (exact) mass is 354 g/mol. The van der Waals surface area contributed by atoms with Crippen molar-refractivity contribution in [3.05, 3.63) is 101 Å². The van der Waals surface area contributed by atoms with E-state index in [1.54, 1.807) is 0 Å². The van der Waals surface area contributed by atoms with E-state index in [9.17, 15) is 9.90 Å². The fourth-order valence-electron chi connectivity index (χ4n) is 2.32. The van der Waals surface area contributed by atoms with Crippen molar-refractivity contribution in [2.45, 2.75) is 12.3 Å². The Kier molecular flexibility index (Phi) is 7.05. The molecule has 25 heavy (non-hydrogen) atoms. The van der Waals surface area contributed by atoms with E-state index in [1.807, 2.05) is 60.7 Å². The average molecular weight is 355 g/mol. The third-order valence-electron chi connectivity index (χ3n) is 3.55. The number of hydrogen-bond donors (Lipinski definition) is 2. The van der Waals surface area contributed by atoms with Gasteiger partial charge in [0.2, 0.25) is 0 Å². The summed E-state index contributed by atoms with van der Waals surface area (Å²) >= 11 is 5.53. The van der Waals surface area contributed by atoms with E-state index in [-0.39, 0.29) is 11.3 Å². The summed E-state index contributed by atoms with van der Waals surface area (Å²) in [6.45, 7) is 0. The lowest BCUT2D eigenvalue weighted by Gasteiger charge is -2.06. The predicted octanol–water partition coefficient (Wildman–Crippen LogP) is 5.11. The van der Waals surface area contributed by atoms with Crippen LogP contribution in [0.4, 0.5) is 0 Å². The topological polar surface area (TPSA) is 57.5 Å². The highest BCUT2D eigenvalue weighted by molar-refractivity contribution is 6.17. The number of aromatic carboxylic acids is 1. The molecule has 3 aromatic rings. The second-order valence-corrected chi connectivity index (χ2v) is 5.70. The lowest BCUT2D eigenvalue weighted by molar-refractivity contribution is 0.0696. The van der Waals surface area contributed by atoms with Crippen LogP contribution in [0, 0.1) is 0 Å². The fourth-order valence-corrected chi connectivity index (χ4v) is 2.50. The zero-order valence-corrected chi connectivity index (χ0v) is 14.4. The zero-order valence-electron chi connectivity index (χ0n) is 13.6. The van der Waals surface area contributed by atoms with Gasteiger partial charge in [-0.3, -0.25) is 0 Å². The lowest BCUT2D eigenvalue weighted by atomic mass is 9.99. The number of rotatable bonds is 4. The maximum atomic E-state index is 11.0. The van der Waals surface area contributed by atoms with Crippen molar-refractivity contribution in [1.29, 1.82) is 0 Å². The standard InChI is InChI=1S/C14H12O3.C7H7Cl/c15-12-6-7-13(14(16)17)11(9-12)8-10-4-2-1-3-5-10;8-6-7-4-2-1-3-5-7/h1-7,9,15H,8H2,(H,16,17);1-5H,6H2. The van der Waals surface area contributed by atoms with Gasteiger partial charge >= 0.3 is 5.97 Å². The molecule has 0 aliphatic carbocycles. The second-order valence-electron chi connectivity index (χ2n) is 5.43. The molecule has 0 aromatic heterocycles. The number of carbonyl (C=O) groups is 1. The largest absolute Gasteiger partial charge is 0.508 e. The molecule has 0 fully saturated rings. The summed E-state index contributed by atoms with van der Waals surface area (Å²) < 4.78 is 0. The van der Waals surface area contributed by atoms with Gasteiger partial charge in [-0.25, -0.2) is 4.79 Å². The van der Waals surface area contributed by atoms with Gasteiger partial charge in [-0.15, -0.1) is 11.6 Å². The van der Waals surface area contributed by atoms with Crippen LogP contribution in [-0.4, -0.2) is 16.2 Å². The van der Waals surface area contributed by atoms with E-state index in [0.717, 1.165) is 5.56 Å². The molecule has 0 bridgehead atoms. The Hall–Kier alpha value is -2.78. The molecule has 0 radical (unpaired) electrons. The van der Waals surface area contributed by atoms with Crippen molar-refractivity contribution in [2.24, 2.45) is 0 Å². The molecule has 0 unspecified atom stereocenters. The number of hydrogen-bond acceptors (Lipinski definition) is 2. The normalized spacial score (nSPS) is 9.80. The van der Waals surface area contributed by atoms with Crippen molar-refractivity contribution in [3.63, 3.8) is 0 Å². The van der Waals surface area contributed by atoms with Crippen molar-refractivity contribution in [3.8, 4) is 5.75 Å². The minimum absolute atomic E-state index is 0.0842. The van der Waals surface area contributed by atoms with Crippen LogP contribution in [0.15, 0.2) is 78.9 Å². The van der Waals surface area contributed by atoms with Crippen LogP contribution in [-0.2, 0) is 12.3 Å². The molecule has 0 spiro atoms. The van der Waals surface area contributed by atoms with E-state index < -0.39 is 5.97 Å². The third kappa shape index (κ3) is 5.98. The van der Waals surface area contributed by atoms with Gasteiger partial charge in [0.25, 0.3) is 0 Å². The van der Waals surface area contributed by atoms with Crippen LogP contribution >= 0.6 is 11.6 Å². The first-order chi connectivity index (χ1) is 12.1. The molecule has 0 heterocycles. The molecule has 0 atom stereocenters. The number of phenolic OH excluding ortho intramolecular Hbond substituents is 1. The zero-order chi connectivity index (χ0) is 18.1. The molecule has 0 saturated heterocycles. The van der Waals surface area contributed by atoms with Gasteiger partial charge < -0.3 is 10.2 Å². The number of benzene rings is 3. The van der Waals surface area contributed by atoms with Crippen LogP contribution in [0.2, 0.25) is 0 Å². The quantitative estimate of drug-likeness (QED) is 0.640. The summed E-state index contributed by atoms with van der Waals surface area (Å²) in [5.74, 6) is -0.280. The van der Waals surface area contributed by atoms with Crippen molar-refractivity contribution >= 4 is 17.6 Å². The van der Waals surface area contributed by atoms with Gasteiger partial charge in [-0.2, -0.15) is 0 Å². The Morgan fingerprint density at radius 3 is 1.88 bits per heavy atom. The average Bonchev–Trinajstić information content (AvgIpc) is 2.63. The summed E-state index contributed by atoms with van der Waals surface area (Å²) in [4.78, 5) is 11.0. The van der Waals surface area contributed by atoms with Crippen LogP contribution in [0.3, 0.4) is 0 Å². The molecular formula is C21H19ClO3. The maximum absolute atomic E-state index is 11.0. The summed E-state index contributed by atoms with van der Waals surface area (Å²) in [7, 11) is 0. The molecule has 128 valence electrons. The summed E-state index contributed by atoms with van der Waals surface area (Å²) in [6, 6.07) is 23.8. The van der Waals surface area contributed by atoms with E-state index in [1.165, 1.54) is 23.8 Å². The minimum atomic E-state index is -0.976. The van der Waals surface area contributed by atoms with Crippen LogP contribution in [0.25, 0.3) is 0 Å². The summed E-state index contributed by atoms with van der Waals surface area (Å²) in [6.07, 6.45) is 0.497. The molecule has 4 heteroatoms. The van der Waals surface area contributed by atoms with Crippen molar-refractivity contribution in [1.82, 2.24) is 0 Å². The smallest absolute Gasteiger partial charge is 0.335 e. The summed E-state index contributed by atoms with van der Waals surface area (Å²) in [5.41, 5.74) is 3.03. The molecule has 0 aliphatic heterocycles. The van der Waals surface area contributed by atoms with Gasteiger partial charge in [-0.05, 0) is 41.3 Å². The van der Waals surface area contributed by atoms with E-state index in [2.05, 4.69) is 0 Å². The number of aromatic hydroxyl groups is 1. The number of alkyl halides is 1. The van der Waals surface area contributed by atoms with E-state index >= 15 is 0 Å². The predicted molar refractivity (Wildman–Crippen MR) is 100 cm³/mol. The number of carboxylic acids is 1.